The molecule has 0 saturated heterocycles. The Bertz CT molecular complexity index is 1450. The number of fused-ring (bicyclic) bond motifs is 1. The molecule has 174 valence electrons. The number of ether oxygens (including phenoxy) is 1. The summed E-state index contributed by atoms with van der Waals surface area (Å²) in [6, 6.07) is 24.1. The summed E-state index contributed by atoms with van der Waals surface area (Å²) >= 11 is 9.21. The first kappa shape index (κ1) is 24.1. The molecular formula is C26H17BrClN3O4. The molecule has 0 aliphatic carbocycles. The molecule has 0 atom stereocenters. The number of amides is 2. The molecule has 0 bridgehead atoms. The van der Waals surface area contributed by atoms with E-state index in [1.165, 1.54) is 6.21 Å². The van der Waals surface area contributed by atoms with Crippen LogP contribution in [0.3, 0.4) is 0 Å². The third kappa shape index (κ3) is 6.11. The number of nitrogens with zero attached hydrogens (tertiary/aromatic N) is 1. The van der Waals surface area contributed by atoms with E-state index in [2.05, 4.69) is 31.8 Å². The largest absolute Gasteiger partial charge is 0.422 e. The monoisotopic (exact) mass is 549 g/mol. The highest BCUT2D eigenvalue weighted by atomic mass is 79.9. The molecule has 9 heteroatoms. The number of carbonyl (C=O) groups is 3. The predicted molar refractivity (Wildman–Crippen MR) is 139 cm³/mol. The second-order valence-electron chi connectivity index (χ2n) is 7.26. The van der Waals surface area contributed by atoms with Gasteiger partial charge in [0.1, 0.15) is 5.75 Å². The molecule has 0 aliphatic heterocycles. The number of carbonyl (C=O) groups excluding carboxylic acids is 3. The van der Waals surface area contributed by atoms with Gasteiger partial charge in [-0.2, -0.15) is 5.10 Å². The Balaban J connectivity index is 1.43. The van der Waals surface area contributed by atoms with Gasteiger partial charge in [0.25, 0.3) is 0 Å². The van der Waals surface area contributed by atoms with Gasteiger partial charge in [-0.05, 0) is 53.9 Å². The molecule has 0 saturated carbocycles. The van der Waals surface area contributed by atoms with Crippen molar-refractivity contribution in [2.45, 2.75) is 0 Å². The number of esters is 1. The fourth-order valence-electron chi connectivity index (χ4n) is 3.18. The van der Waals surface area contributed by atoms with Gasteiger partial charge >= 0.3 is 17.8 Å². The summed E-state index contributed by atoms with van der Waals surface area (Å²) < 4.78 is 6.16. The summed E-state index contributed by atoms with van der Waals surface area (Å²) in [5, 5.41) is 8.67. The summed E-state index contributed by atoms with van der Waals surface area (Å²) in [5.41, 5.74) is 3.41. The Hall–Kier alpha value is -4.01. The van der Waals surface area contributed by atoms with Crippen molar-refractivity contribution in [2.24, 2.45) is 5.10 Å². The second-order valence-corrected chi connectivity index (χ2v) is 8.61. The molecule has 4 rings (SSSR count). The summed E-state index contributed by atoms with van der Waals surface area (Å²) in [6.45, 7) is 0. The first-order valence-electron chi connectivity index (χ1n) is 10.3. The van der Waals surface area contributed by atoms with Gasteiger partial charge in [0.05, 0.1) is 11.8 Å². The normalized spacial score (nSPS) is 10.8. The van der Waals surface area contributed by atoms with Gasteiger partial charge in [-0.1, -0.05) is 63.9 Å². The highest BCUT2D eigenvalue weighted by Crippen LogP contribution is 2.24. The number of nitrogens with one attached hydrogen (secondary N) is 2. The topological polar surface area (TPSA) is 96.9 Å². The number of hydrazone groups is 1. The minimum atomic E-state index is -0.955. The predicted octanol–water partition coefficient (Wildman–Crippen LogP) is 5.56. The molecule has 0 aromatic heterocycles. The second kappa shape index (κ2) is 10.9. The summed E-state index contributed by atoms with van der Waals surface area (Å²) in [5.74, 6) is -2.20. The van der Waals surface area contributed by atoms with Crippen molar-refractivity contribution in [3.63, 3.8) is 0 Å². The zero-order valence-corrected chi connectivity index (χ0v) is 20.3. The van der Waals surface area contributed by atoms with Gasteiger partial charge in [0.15, 0.2) is 0 Å². The molecule has 0 radical (unpaired) electrons. The van der Waals surface area contributed by atoms with Gasteiger partial charge in [-0.3, -0.25) is 9.59 Å². The van der Waals surface area contributed by atoms with Crippen LogP contribution in [0.25, 0.3) is 10.8 Å². The van der Waals surface area contributed by atoms with E-state index < -0.39 is 17.8 Å². The van der Waals surface area contributed by atoms with Crippen molar-refractivity contribution in [3.8, 4) is 5.75 Å². The van der Waals surface area contributed by atoms with E-state index >= 15 is 0 Å². The van der Waals surface area contributed by atoms with Crippen LogP contribution in [-0.2, 0) is 9.59 Å². The van der Waals surface area contributed by atoms with Crippen LogP contribution in [0.1, 0.15) is 15.9 Å². The van der Waals surface area contributed by atoms with Crippen molar-refractivity contribution < 1.29 is 19.1 Å². The van der Waals surface area contributed by atoms with E-state index in [0.29, 0.717) is 26.3 Å². The summed E-state index contributed by atoms with van der Waals surface area (Å²) in [4.78, 5) is 37.1. The van der Waals surface area contributed by atoms with E-state index in [-0.39, 0.29) is 5.75 Å². The third-order valence-corrected chi connectivity index (χ3v) is 5.61. The van der Waals surface area contributed by atoms with E-state index in [0.717, 1.165) is 10.8 Å². The summed E-state index contributed by atoms with van der Waals surface area (Å²) in [6.07, 6.45) is 1.28. The maximum Gasteiger partial charge on any atom is 0.343 e. The lowest BCUT2D eigenvalue weighted by atomic mass is 10.1. The standard InChI is InChI=1S/C26H17BrClN3O4/c27-19-10-13-23(35-26(34)17-8-11-20(28)12-9-17)18(14-19)15-29-31-25(33)24(32)30-22-7-3-5-16-4-1-2-6-21(16)22/h1-15H,(H,30,32)(H,31,33)/b29-15+. The van der Waals surface area contributed by atoms with Gasteiger partial charge in [-0.25, -0.2) is 10.2 Å². The van der Waals surface area contributed by atoms with Gasteiger partial charge in [0.2, 0.25) is 0 Å². The molecule has 4 aromatic carbocycles. The van der Waals surface area contributed by atoms with Crippen molar-refractivity contribution in [3.05, 3.63) is 106 Å². The van der Waals surface area contributed by atoms with Crippen LogP contribution in [-0.4, -0.2) is 24.0 Å². The molecule has 35 heavy (non-hydrogen) atoms. The fraction of sp³-hybridized carbons (Fsp3) is 0. The Labute approximate surface area is 213 Å². The Morgan fingerprint density at radius 3 is 2.43 bits per heavy atom. The highest BCUT2D eigenvalue weighted by Gasteiger charge is 2.15. The molecule has 0 unspecified atom stereocenters. The van der Waals surface area contributed by atoms with E-state index in [1.54, 1.807) is 54.6 Å². The van der Waals surface area contributed by atoms with Crippen LogP contribution in [0.15, 0.2) is 94.5 Å². The lowest BCUT2D eigenvalue weighted by molar-refractivity contribution is -0.136. The number of hydrogen-bond acceptors (Lipinski definition) is 5. The number of hydrogen-bond donors (Lipinski definition) is 2. The maximum absolute atomic E-state index is 12.5. The Morgan fingerprint density at radius 1 is 0.886 bits per heavy atom. The molecule has 7 nitrogen and oxygen atoms in total. The van der Waals surface area contributed by atoms with Crippen LogP contribution in [0.2, 0.25) is 5.02 Å². The Morgan fingerprint density at radius 2 is 1.63 bits per heavy atom. The molecule has 0 aliphatic rings. The lowest BCUT2D eigenvalue weighted by Crippen LogP contribution is -2.32. The van der Waals surface area contributed by atoms with E-state index in [4.69, 9.17) is 16.3 Å². The number of benzene rings is 4. The highest BCUT2D eigenvalue weighted by molar-refractivity contribution is 9.10. The van der Waals surface area contributed by atoms with Gasteiger partial charge < -0.3 is 10.1 Å². The van der Waals surface area contributed by atoms with Crippen LogP contribution < -0.4 is 15.5 Å². The average molecular weight is 551 g/mol. The Kier molecular flexibility index (Phi) is 7.54. The third-order valence-electron chi connectivity index (χ3n) is 4.87. The van der Waals surface area contributed by atoms with Crippen LogP contribution in [0.5, 0.6) is 5.75 Å². The molecule has 2 N–H and O–H groups in total. The van der Waals surface area contributed by atoms with Crippen molar-refractivity contribution in [1.82, 2.24) is 5.43 Å². The van der Waals surface area contributed by atoms with Crippen molar-refractivity contribution in [1.29, 1.82) is 0 Å². The van der Waals surface area contributed by atoms with E-state index in [9.17, 15) is 14.4 Å². The molecule has 0 fully saturated rings. The SMILES string of the molecule is O=C(N/N=C/c1cc(Br)ccc1OC(=O)c1ccc(Cl)cc1)C(=O)Nc1cccc2ccccc12. The van der Waals surface area contributed by atoms with Crippen LogP contribution in [0, 0.1) is 0 Å². The average Bonchev–Trinajstić information content (AvgIpc) is 2.86. The van der Waals surface area contributed by atoms with Crippen molar-refractivity contribution in [2.75, 3.05) is 5.32 Å². The molecular weight excluding hydrogens is 534 g/mol. The zero-order valence-electron chi connectivity index (χ0n) is 18.0. The molecule has 0 spiro atoms. The van der Waals surface area contributed by atoms with Gasteiger partial charge in [-0.15, -0.1) is 0 Å². The smallest absolute Gasteiger partial charge is 0.343 e. The first-order valence-corrected chi connectivity index (χ1v) is 11.5. The molecule has 0 heterocycles. The lowest BCUT2D eigenvalue weighted by Gasteiger charge is -2.09. The minimum Gasteiger partial charge on any atom is -0.422 e. The van der Waals surface area contributed by atoms with Crippen molar-refractivity contribution >= 4 is 68.0 Å². The first-order chi connectivity index (χ1) is 16.9. The zero-order chi connectivity index (χ0) is 24.8. The number of anilines is 1. The van der Waals surface area contributed by atoms with E-state index in [1.807, 2.05) is 30.3 Å². The van der Waals surface area contributed by atoms with Crippen LogP contribution in [0.4, 0.5) is 5.69 Å². The molecule has 4 aromatic rings. The maximum atomic E-state index is 12.5. The summed E-state index contributed by atoms with van der Waals surface area (Å²) in [7, 11) is 0. The number of halogens is 2. The number of rotatable bonds is 5. The van der Waals surface area contributed by atoms with Gasteiger partial charge in [0, 0.05) is 26.1 Å². The molecule has 2 amide bonds. The quantitative estimate of drug-likeness (QED) is 0.112. The fourth-order valence-corrected chi connectivity index (χ4v) is 3.69. The van der Waals surface area contributed by atoms with Crippen LogP contribution >= 0.6 is 27.5 Å². The minimum absolute atomic E-state index is 0.214.